The van der Waals surface area contributed by atoms with Crippen molar-refractivity contribution in [1.82, 2.24) is 0 Å². The van der Waals surface area contributed by atoms with E-state index < -0.39 is 5.60 Å². The lowest BCUT2D eigenvalue weighted by atomic mass is 9.87. The average molecular weight is 252 g/mol. The lowest BCUT2D eigenvalue weighted by molar-refractivity contribution is -0.0280. The molecule has 2 rings (SSSR count). The van der Waals surface area contributed by atoms with E-state index in [1.54, 1.807) is 13.2 Å². The van der Waals surface area contributed by atoms with E-state index in [2.05, 4.69) is 0 Å². The van der Waals surface area contributed by atoms with Crippen LogP contribution in [0.4, 0.5) is 4.39 Å². The summed E-state index contributed by atoms with van der Waals surface area (Å²) >= 11 is 0. The van der Waals surface area contributed by atoms with Crippen LogP contribution in [0.25, 0.3) is 0 Å². The van der Waals surface area contributed by atoms with Crippen molar-refractivity contribution in [3.8, 4) is 0 Å². The van der Waals surface area contributed by atoms with E-state index in [0.29, 0.717) is 12.8 Å². The highest BCUT2D eigenvalue weighted by Crippen LogP contribution is 2.41. The molecule has 0 bridgehead atoms. The van der Waals surface area contributed by atoms with Crippen molar-refractivity contribution in [3.63, 3.8) is 0 Å². The van der Waals surface area contributed by atoms with Gasteiger partial charge in [0.2, 0.25) is 0 Å². The van der Waals surface area contributed by atoms with Crippen LogP contribution < -0.4 is 0 Å². The van der Waals surface area contributed by atoms with Crippen LogP contribution in [0.2, 0.25) is 0 Å². The van der Waals surface area contributed by atoms with E-state index >= 15 is 0 Å². The van der Waals surface area contributed by atoms with Gasteiger partial charge < -0.3 is 9.84 Å². The van der Waals surface area contributed by atoms with Crippen molar-refractivity contribution in [2.45, 2.75) is 50.7 Å². The molecule has 3 heteroatoms. The first-order chi connectivity index (χ1) is 8.36. The predicted octanol–water partition coefficient (Wildman–Crippen LogP) is 3.16. The molecule has 0 aromatic heterocycles. The van der Waals surface area contributed by atoms with Gasteiger partial charge in [-0.3, -0.25) is 0 Å². The molecule has 1 aliphatic carbocycles. The molecule has 1 unspecified atom stereocenters. The van der Waals surface area contributed by atoms with Crippen molar-refractivity contribution >= 4 is 0 Å². The monoisotopic (exact) mass is 252 g/mol. The second-order valence-corrected chi connectivity index (χ2v) is 5.80. The zero-order valence-corrected chi connectivity index (χ0v) is 11.3. The zero-order chi connectivity index (χ0) is 13.4. The largest absolute Gasteiger partial charge is 0.385 e. The molecule has 1 aliphatic rings. The average Bonchev–Trinajstić information content (AvgIpc) is 2.65. The summed E-state index contributed by atoms with van der Waals surface area (Å²) in [7, 11) is 1.68. The van der Waals surface area contributed by atoms with Gasteiger partial charge in [0.15, 0.2) is 0 Å². The van der Waals surface area contributed by atoms with Gasteiger partial charge in [-0.05, 0) is 62.8 Å². The quantitative estimate of drug-likeness (QED) is 0.892. The summed E-state index contributed by atoms with van der Waals surface area (Å²) in [5.41, 5.74) is 0.765. The first-order valence-electron chi connectivity index (χ1n) is 6.43. The van der Waals surface area contributed by atoms with Crippen molar-refractivity contribution in [2.24, 2.45) is 0 Å². The molecule has 0 radical (unpaired) electrons. The van der Waals surface area contributed by atoms with Crippen molar-refractivity contribution in [3.05, 3.63) is 35.1 Å². The lowest BCUT2D eigenvalue weighted by Gasteiger charge is -2.30. The van der Waals surface area contributed by atoms with Gasteiger partial charge in [-0.25, -0.2) is 4.39 Å². The Kier molecular flexibility index (Phi) is 3.47. The summed E-state index contributed by atoms with van der Waals surface area (Å²) in [6, 6.07) is 4.68. The molecule has 1 atom stereocenters. The number of halogens is 1. The third-order valence-corrected chi connectivity index (χ3v) is 4.07. The Balaban J connectivity index is 2.15. The fourth-order valence-corrected chi connectivity index (χ4v) is 2.57. The zero-order valence-electron chi connectivity index (χ0n) is 11.3. The van der Waals surface area contributed by atoms with Gasteiger partial charge in [0, 0.05) is 7.11 Å². The molecule has 0 spiro atoms. The summed E-state index contributed by atoms with van der Waals surface area (Å²) in [5, 5.41) is 10.7. The Morgan fingerprint density at radius 3 is 2.83 bits per heavy atom. The minimum Gasteiger partial charge on any atom is -0.385 e. The minimum atomic E-state index is -0.821. The molecular formula is C15H21FO2. The number of hydrogen-bond donors (Lipinski definition) is 1. The van der Waals surface area contributed by atoms with Crippen LogP contribution in [0.1, 0.15) is 44.2 Å². The first kappa shape index (κ1) is 13.5. The van der Waals surface area contributed by atoms with Gasteiger partial charge in [0.25, 0.3) is 0 Å². The first-order valence-corrected chi connectivity index (χ1v) is 6.43. The van der Waals surface area contributed by atoms with Crippen molar-refractivity contribution in [1.29, 1.82) is 0 Å². The molecule has 18 heavy (non-hydrogen) atoms. The minimum absolute atomic E-state index is 0.227. The van der Waals surface area contributed by atoms with E-state index in [0.717, 1.165) is 24.0 Å². The second-order valence-electron chi connectivity index (χ2n) is 5.80. The Morgan fingerprint density at radius 1 is 1.44 bits per heavy atom. The van der Waals surface area contributed by atoms with Gasteiger partial charge in [0.05, 0.1) is 11.2 Å². The second kappa shape index (κ2) is 4.63. The van der Waals surface area contributed by atoms with E-state index in [4.69, 9.17) is 4.74 Å². The summed E-state index contributed by atoms with van der Waals surface area (Å²) in [6.07, 6.45) is 2.84. The number of ether oxygens (including phenoxy) is 1. The van der Waals surface area contributed by atoms with Crippen molar-refractivity contribution in [2.75, 3.05) is 7.11 Å². The van der Waals surface area contributed by atoms with Crippen LogP contribution in [0, 0.1) is 5.82 Å². The highest BCUT2D eigenvalue weighted by Gasteiger charge is 2.37. The third kappa shape index (κ3) is 2.57. The van der Waals surface area contributed by atoms with Crippen LogP contribution in [-0.4, -0.2) is 17.8 Å². The highest BCUT2D eigenvalue weighted by molar-refractivity contribution is 5.37. The van der Waals surface area contributed by atoms with Crippen LogP contribution >= 0.6 is 0 Å². The number of benzene rings is 1. The molecule has 0 saturated carbocycles. The van der Waals surface area contributed by atoms with Gasteiger partial charge in [-0.15, -0.1) is 0 Å². The molecule has 0 saturated heterocycles. The molecule has 1 N–H and O–H groups in total. The Hall–Kier alpha value is -0.930. The van der Waals surface area contributed by atoms with Crippen LogP contribution in [-0.2, 0) is 16.8 Å². The molecule has 0 fully saturated rings. The normalized spacial score (nSPS) is 23.2. The molecule has 0 amide bonds. The predicted molar refractivity (Wildman–Crippen MR) is 68.9 cm³/mol. The maximum atomic E-state index is 13.1. The van der Waals surface area contributed by atoms with Gasteiger partial charge in [-0.2, -0.15) is 0 Å². The molecule has 100 valence electrons. The van der Waals surface area contributed by atoms with E-state index in [1.807, 2.05) is 13.8 Å². The number of aliphatic hydroxyl groups is 1. The fourth-order valence-electron chi connectivity index (χ4n) is 2.57. The Labute approximate surface area is 108 Å². The molecule has 1 aromatic rings. The molecule has 0 aliphatic heterocycles. The Bertz CT molecular complexity index is 442. The molecule has 2 nitrogen and oxygen atoms in total. The lowest BCUT2D eigenvalue weighted by Crippen LogP contribution is -2.29. The fraction of sp³-hybridized carbons (Fsp3) is 0.600. The summed E-state index contributed by atoms with van der Waals surface area (Å²) in [5.74, 6) is -0.227. The summed E-state index contributed by atoms with van der Waals surface area (Å²) in [4.78, 5) is 0. The topological polar surface area (TPSA) is 29.5 Å². The van der Waals surface area contributed by atoms with Gasteiger partial charge >= 0.3 is 0 Å². The maximum Gasteiger partial charge on any atom is 0.123 e. The summed E-state index contributed by atoms with van der Waals surface area (Å²) in [6.45, 7) is 4.02. The van der Waals surface area contributed by atoms with Crippen molar-refractivity contribution < 1.29 is 14.2 Å². The maximum absolute atomic E-state index is 13.1. The smallest absolute Gasteiger partial charge is 0.123 e. The van der Waals surface area contributed by atoms with Crippen LogP contribution in [0.15, 0.2) is 18.2 Å². The number of aryl methyl sites for hydroxylation is 1. The van der Waals surface area contributed by atoms with E-state index in [1.165, 1.54) is 12.1 Å². The number of rotatable bonds is 4. The molecule has 0 heterocycles. The number of fused-ring (bicyclic) bond motifs is 1. The van der Waals surface area contributed by atoms with E-state index in [-0.39, 0.29) is 11.4 Å². The molecule has 1 aromatic carbocycles. The third-order valence-electron chi connectivity index (χ3n) is 4.07. The van der Waals surface area contributed by atoms with Crippen LogP contribution in [0.3, 0.4) is 0 Å². The Morgan fingerprint density at radius 2 is 2.17 bits per heavy atom. The van der Waals surface area contributed by atoms with Crippen LogP contribution in [0.5, 0.6) is 0 Å². The molecular weight excluding hydrogens is 231 g/mol. The van der Waals surface area contributed by atoms with Gasteiger partial charge in [0.1, 0.15) is 5.82 Å². The van der Waals surface area contributed by atoms with Gasteiger partial charge in [-0.1, -0.05) is 6.07 Å². The van der Waals surface area contributed by atoms with E-state index in [9.17, 15) is 9.50 Å². The standard InChI is InChI=1S/C15H21FO2/c1-14(2,18-3)8-9-15(17)7-6-11-10-12(16)4-5-13(11)15/h4-5,10,17H,6-9H2,1-3H3. The number of methoxy groups -OCH3 is 1. The highest BCUT2D eigenvalue weighted by atomic mass is 19.1. The SMILES string of the molecule is COC(C)(C)CCC1(O)CCc2cc(F)ccc21. The number of hydrogen-bond acceptors (Lipinski definition) is 2. The summed E-state index contributed by atoms with van der Waals surface area (Å²) < 4.78 is 18.5.